The molecule has 0 atom stereocenters. The molecule has 0 unspecified atom stereocenters. The Kier molecular flexibility index (Phi) is 2.53. The van der Waals surface area contributed by atoms with Crippen molar-refractivity contribution in [3.05, 3.63) is 29.3 Å². The van der Waals surface area contributed by atoms with E-state index in [9.17, 15) is 0 Å². The first-order valence-electron chi connectivity index (χ1n) is 3.93. The average Bonchev–Trinajstić information content (AvgIpc) is 1.85. The SMILES string of the molecule is CCOc1cc(C)cc(C)c1. The van der Waals surface area contributed by atoms with Crippen LogP contribution in [0.1, 0.15) is 18.1 Å². The van der Waals surface area contributed by atoms with Crippen molar-refractivity contribution in [1.82, 2.24) is 0 Å². The highest BCUT2D eigenvalue weighted by Crippen LogP contribution is 2.15. The van der Waals surface area contributed by atoms with Gasteiger partial charge in [-0.1, -0.05) is 6.07 Å². The highest BCUT2D eigenvalue weighted by Gasteiger charge is 1.93. The fourth-order valence-electron chi connectivity index (χ4n) is 1.18. The summed E-state index contributed by atoms with van der Waals surface area (Å²) in [7, 11) is 0. The van der Waals surface area contributed by atoms with Gasteiger partial charge in [0.1, 0.15) is 5.75 Å². The first-order chi connectivity index (χ1) is 5.22. The fourth-order valence-corrected chi connectivity index (χ4v) is 1.18. The van der Waals surface area contributed by atoms with Crippen LogP contribution in [-0.4, -0.2) is 6.61 Å². The van der Waals surface area contributed by atoms with E-state index in [2.05, 4.69) is 32.0 Å². The molecule has 0 saturated heterocycles. The van der Waals surface area contributed by atoms with Gasteiger partial charge in [-0.15, -0.1) is 0 Å². The topological polar surface area (TPSA) is 9.23 Å². The highest BCUT2D eigenvalue weighted by atomic mass is 16.5. The lowest BCUT2D eigenvalue weighted by Crippen LogP contribution is -1.92. The average molecular weight is 150 g/mol. The van der Waals surface area contributed by atoms with Crippen LogP contribution < -0.4 is 4.74 Å². The van der Waals surface area contributed by atoms with Gasteiger partial charge in [0.25, 0.3) is 0 Å². The van der Waals surface area contributed by atoms with Gasteiger partial charge in [-0.3, -0.25) is 0 Å². The lowest BCUT2D eigenvalue weighted by Gasteiger charge is -2.04. The molecule has 1 nitrogen and oxygen atoms in total. The smallest absolute Gasteiger partial charge is 0.119 e. The van der Waals surface area contributed by atoms with Gasteiger partial charge in [0.2, 0.25) is 0 Å². The summed E-state index contributed by atoms with van der Waals surface area (Å²) in [4.78, 5) is 0. The van der Waals surface area contributed by atoms with Crippen molar-refractivity contribution in [2.75, 3.05) is 6.61 Å². The van der Waals surface area contributed by atoms with Crippen LogP contribution >= 0.6 is 0 Å². The minimum atomic E-state index is 0.739. The highest BCUT2D eigenvalue weighted by molar-refractivity contribution is 5.32. The molecule has 1 aromatic rings. The largest absolute Gasteiger partial charge is 0.494 e. The maximum atomic E-state index is 5.37. The lowest BCUT2D eigenvalue weighted by molar-refractivity contribution is 0.340. The van der Waals surface area contributed by atoms with Gasteiger partial charge in [-0.05, 0) is 44.0 Å². The van der Waals surface area contributed by atoms with Crippen LogP contribution in [0.15, 0.2) is 18.2 Å². The summed E-state index contributed by atoms with van der Waals surface area (Å²) in [6.07, 6.45) is 0. The number of hydrogen-bond acceptors (Lipinski definition) is 1. The molecule has 0 amide bonds. The molecule has 0 aliphatic carbocycles. The third kappa shape index (κ3) is 2.26. The Hall–Kier alpha value is -0.980. The molecule has 0 N–H and O–H groups in total. The molecule has 0 aliphatic heterocycles. The van der Waals surface area contributed by atoms with Crippen LogP contribution in [0.4, 0.5) is 0 Å². The van der Waals surface area contributed by atoms with Crippen LogP contribution in [-0.2, 0) is 0 Å². The van der Waals surface area contributed by atoms with Crippen molar-refractivity contribution < 1.29 is 4.74 Å². The Morgan fingerprint density at radius 1 is 1.09 bits per heavy atom. The number of hydrogen-bond donors (Lipinski definition) is 0. The van der Waals surface area contributed by atoms with E-state index in [1.807, 2.05) is 6.92 Å². The Balaban J connectivity index is 2.89. The standard InChI is InChI=1S/C10H14O/c1-4-11-10-6-8(2)5-9(3)7-10/h5-7H,4H2,1-3H3. The summed E-state index contributed by atoms with van der Waals surface area (Å²) in [6.45, 7) is 6.89. The number of ether oxygens (including phenoxy) is 1. The second kappa shape index (κ2) is 3.42. The van der Waals surface area contributed by atoms with E-state index >= 15 is 0 Å². The van der Waals surface area contributed by atoms with Gasteiger partial charge >= 0.3 is 0 Å². The zero-order valence-electron chi connectivity index (χ0n) is 7.35. The van der Waals surface area contributed by atoms with Crippen LogP contribution in [0.2, 0.25) is 0 Å². The van der Waals surface area contributed by atoms with E-state index < -0.39 is 0 Å². The summed E-state index contributed by atoms with van der Waals surface area (Å²) < 4.78 is 5.37. The molecule has 0 aromatic heterocycles. The summed E-state index contributed by atoms with van der Waals surface area (Å²) in [6, 6.07) is 6.25. The number of aryl methyl sites for hydroxylation is 2. The Bertz CT molecular complexity index is 220. The Morgan fingerprint density at radius 3 is 2.09 bits per heavy atom. The van der Waals surface area contributed by atoms with Crippen molar-refractivity contribution in [1.29, 1.82) is 0 Å². The van der Waals surface area contributed by atoms with Gasteiger partial charge in [0, 0.05) is 0 Å². The van der Waals surface area contributed by atoms with E-state index in [0.717, 1.165) is 12.4 Å². The second-order valence-corrected chi connectivity index (χ2v) is 2.76. The first-order valence-corrected chi connectivity index (χ1v) is 3.93. The normalized spacial score (nSPS) is 9.73. The molecule has 11 heavy (non-hydrogen) atoms. The Labute approximate surface area is 68.0 Å². The summed E-state index contributed by atoms with van der Waals surface area (Å²) in [5, 5.41) is 0. The minimum absolute atomic E-state index is 0.739. The zero-order valence-corrected chi connectivity index (χ0v) is 7.35. The second-order valence-electron chi connectivity index (χ2n) is 2.76. The molecule has 0 bridgehead atoms. The number of rotatable bonds is 2. The molecule has 0 spiro atoms. The quantitative estimate of drug-likeness (QED) is 0.629. The van der Waals surface area contributed by atoms with Crippen LogP contribution in [0.25, 0.3) is 0 Å². The molecule has 1 rings (SSSR count). The molecular weight excluding hydrogens is 136 g/mol. The predicted molar refractivity (Wildman–Crippen MR) is 47.1 cm³/mol. The minimum Gasteiger partial charge on any atom is -0.494 e. The summed E-state index contributed by atoms with van der Waals surface area (Å²) in [5.41, 5.74) is 2.52. The molecule has 1 heteroatoms. The third-order valence-electron chi connectivity index (χ3n) is 1.51. The molecule has 0 saturated carbocycles. The lowest BCUT2D eigenvalue weighted by atomic mass is 10.1. The van der Waals surface area contributed by atoms with Crippen LogP contribution in [0, 0.1) is 13.8 Å². The van der Waals surface area contributed by atoms with Crippen LogP contribution in [0.5, 0.6) is 5.75 Å². The molecule has 0 fully saturated rings. The predicted octanol–water partition coefficient (Wildman–Crippen LogP) is 2.70. The van der Waals surface area contributed by atoms with Crippen molar-refractivity contribution in [2.24, 2.45) is 0 Å². The van der Waals surface area contributed by atoms with Crippen molar-refractivity contribution in [2.45, 2.75) is 20.8 Å². The van der Waals surface area contributed by atoms with Gasteiger partial charge in [0.15, 0.2) is 0 Å². The molecular formula is C10H14O. The first kappa shape index (κ1) is 8.12. The third-order valence-corrected chi connectivity index (χ3v) is 1.51. The van der Waals surface area contributed by atoms with E-state index in [1.165, 1.54) is 11.1 Å². The maximum absolute atomic E-state index is 5.37. The number of benzene rings is 1. The summed E-state index contributed by atoms with van der Waals surface area (Å²) in [5.74, 6) is 0.977. The molecule has 0 heterocycles. The molecule has 0 aliphatic rings. The maximum Gasteiger partial charge on any atom is 0.119 e. The van der Waals surface area contributed by atoms with E-state index in [-0.39, 0.29) is 0 Å². The van der Waals surface area contributed by atoms with E-state index in [0.29, 0.717) is 0 Å². The van der Waals surface area contributed by atoms with E-state index in [4.69, 9.17) is 4.74 Å². The van der Waals surface area contributed by atoms with Crippen molar-refractivity contribution in [3.8, 4) is 5.75 Å². The molecule has 0 radical (unpaired) electrons. The summed E-state index contributed by atoms with van der Waals surface area (Å²) >= 11 is 0. The van der Waals surface area contributed by atoms with Gasteiger partial charge in [0.05, 0.1) is 6.61 Å². The monoisotopic (exact) mass is 150 g/mol. The van der Waals surface area contributed by atoms with Crippen molar-refractivity contribution >= 4 is 0 Å². The van der Waals surface area contributed by atoms with E-state index in [1.54, 1.807) is 0 Å². The fraction of sp³-hybridized carbons (Fsp3) is 0.400. The molecule has 1 aromatic carbocycles. The van der Waals surface area contributed by atoms with Crippen LogP contribution in [0.3, 0.4) is 0 Å². The zero-order chi connectivity index (χ0) is 8.27. The van der Waals surface area contributed by atoms with Gasteiger partial charge in [-0.2, -0.15) is 0 Å². The van der Waals surface area contributed by atoms with Crippen molar-refractivity contribution in [3.63, 3.8) is 0 Å². The van der Waals surface area contributed by atoms with Gasteiger partial charge in [-0.25, -0.2) is 0 Å². The Morgan fingerprint density at radius 2 is 1.64 bits per heavy atom. The van der Waals surface area contributed by atoms with Gasteiger partial charge < -0.3 is 4.74 Å². The molecule has 60 valence electrons.